The monoisotopic (exact) mass is 269 g/mol. The Balaban J connectivity index is 1.60. The second kappa shape index (κ2) is 6.61. The van der Waals surface area contributed by atoms with Crippen LogP contribution in [0.5, 0.6) is 0 Å². The fourth-order valence-electron chi connectivity index (χ4n) is 2.36. The normalized spacial score (nSPS) is 24.3. The van der Waals surface area contributed by atoms with Crippen molar-refractivity contribution in [1.82, 2.24) is 15.6 Å². The molecule has 0 aliphatic carbocycles. The van der Waals surface area contributed by atoms with E-state index in [1.807, 2.05) is 5.51 Å². The minimum atomic E-state index is -0.543. The Labute approximate surface area is 113 Å². The molecule has 1 atom stereocenters. The Morgan fingerprint density at radius 1 is 1.61 bits per heavy atom. The number of piperidine rings is 1. The highest BCUT2D eigenvalue weighted by atomic mass is 32.1. The molecule has 1 fully saturated rings. The van der Waals surface area contributed by atoms with Gasteiger partial charge < -0.3 is 15.7 Å². The first kappa shape index (κ1) is 13.9. The Bertz CT molecular complexity index is 361. The van der Waals surface area contributed by atoms with Crippen molar-refractivity contribution in [3.8, 4) is 0 Å². The number of β-amino-alcohol motifs (C(OH)–C–C–N with tert-alkyl or cyclic N) is 1. The predicted molar refractivity (Wildman–Crippen MR) is 75.1 cm³/mol. The number of aromatic nitrogens is 1. The van der Waals surface area contributed by atoms with Crippen molar-refractivity contribution in [3.63, 3.8) is 0 Å². The highest BCUT2D eigenvalue weighted by Crippen LogP contribution is 2.15. The van der Waals surface area contributed by atoms with E-state index >= 15 is 0 Å². The van der Waals surface area contributed by atoms with E-state index in [9.17, 15) is 5.11 Å². The second-order valence-corrected chi connectivity index (χ2v) is 6.09. The molecule has 0 bridgehead atoms. The molecular weight excluding hydrogens is 246 g/mol. The first-order valence-electron chi connectivity index (χ1n) is 6.72. The van der Waals surface area contributed by atoms with Gasteiger partial charge in [0.2, 0.25) is 0 Å². The number of thiazole rings is 1. The molecule has 2 rings (SSSR count). The molecule has 3 N–H and O–H groups in total. The molecule has 102 valence electrons. The maximum absolute atomic E-state index is 10.3. The number of aryl methyl sites for hydroxylation is 2. The van der Waals surface area contributed by atoms with Crippen molar-refractivity contribution >= 4 is 11.3 Å². The zero-order chi connectivity index (χ0) is 12.8. The van der Waals surface area contributed by atoms with Crippen LogP contribution in [0.1, 0.15) is 29.8 Å². The minimum Gasteiger partial charge on any atom is -0.387 e. The van der Waals surface area contributed by atoms with Crippen molar-refractivity contribution < 1.29 is 5.11 Å². The standard InChI is InChI=1S/C13H23N3OS/c1-11-12(18-10-16-11)4-2-6-14-8-13(17)5-3-7-15-9-13/h10,14-15,17H,2-9H2,1H3/t13-/m1/s1. The molecular formula is C13H23N3OS. The Morgan fingerprint density at radius 2 is 2.50 bits per heavy atom. The van der Waals surface area contributed by atoms with Gasteiger partial charge in [-0.3, -0.25) is 0 Å². The van der Waals surface area contributed by atoms with Crippen LogP contribution >= 0.6 is 11.3 Å². The van der Waals surface area contributed by atoms with Crippen molar-refractivity contribution in [3.05, 3.63) is 16.1 Å². The van der Waals surface area contributed by atoms with Gasteiger partial charge in [-0.05, 0) is 45.7 Å². The third kappa shape index (κ3) is 4.02. The Kier molecular flexibility index (Phi) is 5.12. The average molecular weight is 269 g/mol. The van der Waals surface area contributed by atoms with Gasteiger partial charge in [0.15, 0.2) is 0 Å². The van der Waals surface area contributed by atoms with Crippen LogP contribution in [0.2, 0.25) is 0 Å². The lowest BCUT2D eigenvalue weighted by atomic mass is 9.94. The number of aliphatic hydroxyl groups is 1. The zero-order valence-electron chi connectivity index (χ0n) is 11.0. The van der Waals surface area contributed by atoms with Gasteiger partial charge in [0, 0.05) is 18.0 Å². The quantitative estimate of drug-likeness (QED) is 0.677. The van der Waals surface area contributed by atoms with Gasteiger partial charge in [-0.1, -0.05) is 0 Å². The van der Waals surface area contributed by atoms with E-state index in [1.54, 1.807) is 11.3 Å². The van der Waals surface area contributed by atoms with Crippen molar-refractivity contribution in [2.24, 2.45) is 0 Å². The summed E-state index contributed by atoms with van der Waals surface area (Å²) in [6.45, 7) is 5.47. The first-order valence-corrected chi connectivity index (χ1v) is 7.60. The third-order valence-corrected chi connectivity index (χ3v) is 4.50. The van der Waals surface area contributed by atoms with Gasteiger partial charge in [0.25, 0.3) is 0 Å². The molecule has 0 amide bonds. The molecule has 0 radical (unpaired) electrons. The lowest BCUT2D eigenvalue weighted by Gasteiger charge is -2.32. The van der Waals surface area contributed by atoms with Crippen molar-refractivity contribution in [2.75, 3.05) is 26.2 Å². The maximum atomic E-state index is 10.3. The first-order chi connectivity index (χ1) is 8.70. The van der Waals surface area contributed by atoms with E-state index in [4.69, 9.17) is 0 Å². The van der Waals surface area contributed by atoms with E-state index in [-0.39, 0.29) is 0 Å². The summed E-state index contributed by atoms with van der Waals surface area (Å²) in [5.41, 5.74) is 2.53. The van der Waals surface area contributed by atoms with Gasteiger partial charge >= 0.3 is 0 Å². The van der Waals surface area contributed by atoms with Crippen LogP contribution < -0.4 is 10.6 Å². The van der Waals surface area contributed by atoms with Gasteiger partial charge in [0.05, 0.1) is 16.8 Å². The molecule has 0 unspecified atom stereocenters. The number of nitrogens with zero attached hydrogens (tertiary/aromatic N) is 1. The molecule has 1 aliphatic heterocycles. The SMILES string of the molecule is Cc1ncsc1CCCNC[C@]1(O)CCCNC1. The van der Waals surface area contributed by atoms with E-state index in [1.165, 1.54) is 4.88 Å². The van der Waals surface area contributed by atoms with Crippen LogP contribution in [0.3, 0.4) is 0 Å². The molecule has 5 heteroatoms. The minimum absolute atomic E-state index is 0.543. The molecule has 1 saturated heterocycles. The zero-order valence-corrected chi connectivity index (χ0v) is 11.9. The summed E-state index contributed by atoms with van der Waals surface area (Å²) in [4.78, 5) is 5.63. The van der Waals surface area contributed by atoms with Gasteiger partial charge in [-0.2, -0.15) is 0 Å². The average Bonchev–Trinajstić information content (AvgIpc) is 2.75. The number of nitrogens with one attached hydrogen (secondary N) is 2. The molecule has 1 aromatic heterocycles. The van der Waals surface area contributed by atoms with Crippen LogP contribution in [0.4, 0.5) is 0 Å². The van der Waals surface area contributed by atoms with Crippen molar-refractivity contribution in [1.29, 1.82) is 0 Å². The second-order valence-electron chi connectivity index (χ2n) is 5.15. The van der Waals surface area contributed by atoms with E-state index in [2.05, 4.69) is 22.5 Å². The van der Waals surface area contributed by atoms with Crippen LogP contribution in [-0.4, -0.2) is 41.9 Å². The molecule has 1 aliphatic rings. The molecule has 0 aromatic carbocycles. The molecule has 2 heterocycles. The Morgan fingerprint density at radius 3 is 3.17 bits per heavy atom. The maximum Gasteiger partial charge on any atom is 0.0895 e. The van der Waals surface area contributed by atoms with Gasteiger partial charge in [-0.15, -0.1) is 11.3 Å². The predicted octanol–water partition coefficient (Wildman–Crippen LogP) is 1.09. The molecule has 0 saturated carbocycles. The van der Waals surface area contributed by atoms with Crippen LogP contribution in [0.25, 0.3) is 0 Å². The summed E-state index contributed by atoms with van der Waals surface area (Å²) >= 11 is 1.74. The number of hydrogen-bond acceptors (Lipinski definition) is 5. The van der Waals surface area contributed by atoms with E-state index < -0.39 is 5.60 Å². The largest absolute Gasteiger partial charge is 0.387 e. The summed E-state index contributed by atoms with van der Waals surface area (Å²) in [6, 6.07) is 0. The highest BCUT2D eigenvalue weighted by molar-refractivity contribution is 7.09. The van der Waals surface area contributed by atoms with Crippen LogP contribution in [0, 0.1) is 6.92 Å². The fraction of sp³-hybridized carbons (Fsp3) is 0.769. The van der Waals surface area contributed by atoms with E-state index in [0.717, 1.165) is 44.5 Å². The Hall–Kier alpha value is -0.490. The number of rotatable bonds is 6. The van der Waals surface area contributed by atoms with Gasteiger partial charge in [0.1, 0.15) is 0 Å². The van der Waals surface area contributed by atoms with E-state index in [0.29, 0.717) is 13.1 Å². The lowest BCUT2D eigenvalue weighted by molar-refractivity contribution is 0.0173. The molecule has 18 heavy (non-hydrogen) atoms. The summed E-state index contributed by atoms with van der Waals surface area (Å²) in [5.74, 6) is 0. The highest BCUT2D eigenvalue weighted by Gasteiger charge is 2.28. The summed E-state index contributed by atoms with van der Waals surface area (Å²) in [7, 11) is 0. The van der Waals surface area contributed by atoms with Gasteiger partial charge in [-0.25, -0.2) is 4.98 Å². The number of hydrogen-bond donors (Lipinski definition) is 3. The topological polar surface area (TPSA) is 57.2 Å². The molecule has 4 nitrogen and oxygen atoms in total. The van der Waals surface area contributed by atoms with Crippen molar-refractivity contribution in [2.45, 2.75) is 38.2 Å². The van der Waals surface area contributed by atoms with Crippen LogP contribution in [-0.2, 0) is 6.42 Å². The smallest absolute Gasteiger partial charge is 0.0895 e. The fourth-order valence-corrected chi connectivity index (χ4v) is 3.19. The molecule has 1 aromatic rings. The molecule has 0 spiro atoms. The van der Waals surface area contributed by atoms with Crippen LogP contribution in [0.15, 0.2) is 5.51 Å². The summed E-state index contributed by atoms with van der Waals surface area (Å²) < 4.78 is 0. The third-order valence-electron chi connectivity index (χ3n) is 3.51. The summed E-state index contributed by atoms with van der Waals surface area (Å²) in [6.07, 6.45) is 4.16. The summed E-state index contributed by atoms with van der Waals surface area (Å²) in [5, 5.41) is 16.9. The lowest BCUT2D eigenvalue weighted by Crippen LogP contribution is -2.52.